The molecule has 0 fully saturated rings. The van der Waals surface area contributed by atoms with Crippen LogP contribution in [0.15, 0.2) is 49.1 Å². The minimum Gasteiger partial charge on any atom is -0.299 e. The molecular weight excluding hydrogens is 200 g/mol. The summed E-state index contributed by atoms with van der Waals surface area (Å²) in [5.41, 5.74) is 2.93. The first-order chi connectivity index (χ1) is 7.92. The summed E-state index contributed by atoms with van der Waals surface area (Å²) in [6, 6.07) is 7.80. The molecular formula is C13H10N2O. The maximum absolute atomic E-state index is 10.3. The van der Waals surface area contributed by atoms with Crippen molar-refractivity contribution in [2.45, 2.75) is 0 Å². The van der Waals surface area contributed by atoms with Gasteiger partial charge in [-0.2, -0.15) is 0 Å². The summed E-state index contributed by atoms with van der Waals surface area (Å²) in [6.07, 6.45) is 9.00. The van der Waals surface area contributed by atoms with E-state index < -0.39 is 0 Å². The van der Waals surface area contributed by atoms with Crippen LogP contribution in [0.3, 0.4) is 0 Å². The molecule has 2 aromatic rings. The number of allylic oxidation sites excluding steroid dienone is 1. The van der Waals surface area contributed by atoms with Crippen LogP contribution in [-0.4, -0.2) is 16.3 Å². The van der Waals surface area contributed by atoms with E-state index in [4.69, 9.17) is 0 Å². The Hall–Kier alpha value is -2.29. The lowest BCUT2D eigenvalue weighted by Crippen LogP contribution is -1.85. The van der Waals surface area contributed by atoms with Crippen LogP contribution in [0.1, 0.15) is 5.56 Å². The SMILES string of the molecule is O=CC=Cc1ccccc1-c1cncnc1. The van der Waals surface area contributed by atoms with Crippen LogP contribution in [0.4, 0.5) is 0 Å². The van der Waals surface area contributed by atoms with Crippen molar-refractivity contribution >= 4 is 12.4 Å². The van der Waals surface area contributed by atoms with Gasteiger partial charge in [0, 0.05) is 18.0 Å². The van der Waals surface area contributed by atoms with E-state index in [-0.39, 0.29) is 0 Å². The van der Waals surface area contributed by atoms with E-state index >= 15 is 0 Å². The molecule has 0 saturated carbocycles. The number of hydrogen-bond donors (Lipinski definition) is 0. The summed E-state index contributed by atoms with van der Waals surface area (Å²) in [4.78, 5) is 18.3. The van der Waals surface area contributed by atoms with Crippen LogP contribution >= 0.6 is 0 Å². The fraction of sp³-hybridized carbons (Fsp3) is 0. The smallest absolute Gasteiger partial charge is 0.142 e. The molecule has 0 radical (unpaired) electrons. The van der Waals surface area contributed by atoms with Gasteiger partial charge in [0.15, 0.2) is 0 Å². The average Bonchev–Trinajstić information content (AvgIpc) is 2.38. The first-order valence-corrected chi connectivity index (χ1v) is 4.88. The van der Waals surface area contributed by atoms with Crippen molar-refractivity contribution in [3.05, 3.63) is 54.6 Å². The minimum absolute atomic E-state index is 0.762. The number of aromatic nitrogens is 2. The highest BCUT2D eigenvalue weighted by molar-refractivity contribution is 5.80. The molecule has 0 aliphatic carbocycles. The molecule has 3 heteroatoms. The number of aldehydes is 1. The Morgan fingerprint density at radius 1 is 1.06 bits per heavy atom. The van der Waals surface area contributed by atoms with Crippen LogP contribution in [0.2, 0.25) is 0 Å². The van der Waals surface area contributed by atoms with Gasteiger partial charge in [0.05, 0.1) is 0 Å². The van der Waals surface area contributed by atoms with E-state index in [1.807, 2.05) is 24.3 Å². The topological polar surface area (TPSA) is 42.9 Å². The molecule has 0 saturated heterocycles. The highest BCUT2D eigenvalue weighted by Crippen LogP contribution is 2.22. The highest BCUT2D eigenvalue weighted by atomic mass is 16.1. The summed E-state index contributed by atoms with van der Waals surface area (Å²) in [6.45, 7) is 0. The van der Waals surface area contributed by atoms with E-state index in [1.54, 1.807) is 18.5 Å². The highest BCUT2D eigenvalue weighted by Gasteiger charge is 2.01. The van der Waals surface area contributed by atoms with Crippen molar-refractivity contribution in [3.63, 3.8) is 0 Å². The van der Waals surface area contributed by atoms with Crippen molar-refractivity contribution in [2.75, 3.05) is 0 Å². The summed E-state index contributed by atoms with van der Waals surface area (Å²) in [7, 11) is 0. The van der Waals surface area contributed by atoms with Gasteiger partial charge in [0.2, 0.25) is 0 Å². The van der Waals surface area contributed by atoms with Crippen molar-refractivity contribution in [1.82, 2.24) is 9.97 Å². The third-order valence-corrected chi connectivity index (χ3v) is 2.19. The minimum atomic E-state index is 0.762. The van der Waals surface area contributed by atoms with E-state index in [2.05, 4.69) is 9.97 Å². The monoisotopic (exact) mass is 210 g/mol. The second-order valence-electron chi connectivity index (χ2n) is 3.21. The largest absolute Gasteiger partial charge is 0.299 e. The fourth-order valence-electron chi connectivity index (χ4n) is 1.49. The third kappa shape index (κ3) is 2.20. The number of hydrogen-bond acceptors (Lipinski definition) is 3. The molecule has 16 heavy (non-hydrogen) atoms. The predicted molar refractivity (Wildman–Crippen MR) is 62.6 cm³/mol. The Balaban J connectivity index is 2.48. The quantitative estimate of drug-likeness (QED) is 0.577. The zero-order valence-electron chi connectivity index (χ0n) is 8.58. The van der Waals surface area contributed by atoms with Gasteiger partial charge in [-0.3, -0.25) is 4.79 Å². The molecule has 3 nitrogen and oxygen atoms in total. The molecule has 0 bridgehead atoms. The van der Waals surface area contributed by atoms with E-state index in [9.17, 15) is 4.79 Å². The van der Waals surface area contributed by atoms with Crippen LogP contribution in [0.5, 0.6) is 0 Å². The molecule has 0 aliphatic heterocycles. The molecule has 0 N–H and O–H groups in total. The number of carbonyl (C=O) groups excluding carboxylic acids is 1. The Bertz CT molecular complexity index is 506. The van der Waals surface area contributed by atoms with E-state index in [0.717, 1.165) is 23.0 Å². The number of nitrogens with zero attached hydrogens (tertiary/aromatic N) is 2. The summed E-state index contributed by atoms with van der Waals surface area (Å²) in [5.74, 6) is 0. The van der Waals surface area contributed by atoms with Gasteiger partial charge < -0.3 is 0 Å². The molecule has 1 heterocycles. The molecule has 78 valence electrons. The van der Waals surface area contributed by atoms with Crippen molar-refractivity contribution in [2.24, 2.45) is 0 Å². The standard InChI is InChI=1S/C13H10N2O/c16-7-3-5-11-4-1-2-6-13(11)12-8-14-10-15-9-12/h1-10H. The van der Waals surface area contributed by atoms with Gasteiger partial charge in [-0.1, -0.05) is 30.3 Å². The van der Waals surface area contributed by atoms with Crippen molar-refractivity contribution in [3.8, 4) is 11.1 Å². The molecule has 0 unspecified atom stereocenters. The first-order valence-electron chi connectivity index (χ1n) is 4.88. The Morgan fingerprint density at radius 3 is 2.56 bits per heavy atom. The lowest BCUT2D eigenvalue weighted by molar-refractivity contribution is -0.104. The van der Waals surface area contributed by atoms with Crippen LogP contribution < -0.4 is 0 Å². The van der Waals surface area contributed by atoms with Gasteiger partial charge in [0.1, 0.15) is 12.6 Å². The van der Waals surface area contributed by atoms with Gasteiger partial charge in [-0.05, 0) is 17.2 Å². The Morgan fingerprint density at radius 2 is 1.81 bits per heavy atom. The lowest BCUT2D eigenvalue weighted by Gasteiger charge is -2.04. The summed E-state index contributed by atoms with van der Waals surface area (Å²) < 4.78 is 0. The molecule has 0 amide bonds. The zero-order chi connectivity index (χ0) is 11.2. The summed E-state index contributed by atoms with van der Waals surface area (Å²) >= 11 is 0. The van der Waals surface area contributed by atoms with Gasteiger partial charge >= 0.3 is 0 Å². The summed E-state index contributed by atoms with van der Waals surface area (Å²) in [5, 5.41) is 0. The van der Waals surface area contributed by atoms with Crippen LogP contribution in [-0.2, 0) is 4.79 Å². The van der Waals surface area contributed by atoms with Crippen LogP contribution in [0.25, 0.3) is 17.2 Å². The average molecular weight is 210 g/mol. The Labute approximate surface area is 93.5 Å². The number of rotatable bonds is 3. The van der Waals surface area contributed by atoms with E-state index in [1.165, 1.54) is 12.4 Å². The molecule has 1 aromatic carbocycles. The zero-order valence-corrected chi connectivity index (χ0v) is 8.58. The van der Waals surface area contributed by atoms with Crippen LogP contribution in [0, 0.1) is 0 Å². The molecule has 1 aromatic heterocycles. The predicted octanol–water partition coefficient (Wildman–Crippen LogP) is 2.36. The Kier molecular flexibility index (Phi) is 3.18. The number of benzene rings is 1. The van der Waals surface area contributed by atoms with Crippen molar-refractivity contribution in [1.29, 1.82) is 0 Å². The maximum Gasteiger partial charge on any atom is 0.142 e. The van der Waals surface area contributed by atoms with Crippen molar-refractivity contribution < 1.29 is 4.79 Å². The fourth-order valence-corrected chi connectivity index (χ4v) is 1.49. The van der Waals surface area contributed by atoms with E-state index in [0.29, 0.717) is 0 Å². The molecule has 2 rings (SSSR count). The molecule has 0 atom stereocenters. The third-order valence-electron chi connectivity index (χ3n) is 2.19. The molecule has 0 spiro atoms. The van der Waals surface area contributed by atoms with Gasteiger partial charge in [0.25, 0.3) is 0 Å². The normalized spacial score (nSPS) is 10.5. The second kappa shape index (κ2) is 4.98. The van der Waals surface area contributed by atoms with Gasteiger partial charge in [-0.15, -0.1) is 0 Å². The first kappa shape index (κ1) is 10.2. The van der Waals surface area contributed by atoms with Gasteiger partial charge in [-0.25, -0.2) is 9.97 Å². The lowest BCUT2D eigenvalue weighted by atomic mass is 10.0. The maximum atomic E-state index is 10.3. The second-order valence-corrected chi connectivity index (χ2v) is 3.21. The molecule has 0 aliphatic rings. The number of carbonyl (C=O) groups is 1.